The summed E-state index contributed by atoms with van der Waals surface area (Å²) in [5.41, 5.74) is 0.962. The summed E-state index contributed by atoms with van der Waals surface area (Å²) in [7, 11) is 0. The van der Waals surface area contributed by atoms with Gasteiger partial charge in [-0.25, -0.2) is 0 Å². The molecule has 0 amide bonds. The smallest absolute Gasteiger partial charge is 0.0904 e. The van der Waals surface area contributed by atoms with E-state index in [9.17, 15) is 10.4 Å². The van der Waals surface area contributed by atoms with Crippen molar-refractivity contribution in [2.45, 2.75) is 44.6 Å². The van der Waals surface area contributed by atoms with Crippen molar-refractivity contribution in [1.29, 1.82) is 5.26 Å². The Labute approximate surface area is 127 Å². The van der Waals surface area contributed by atoms with Crippen LogP contribution in [-0.4, -0.2) is 23.8 Å². The highest BCUT2D eigenvalue weighted by Gasteiger charge is 2.53. The number of rotatable bonds is 2. The van der Waals surface area contributed by atoms with E-state index < -0.39 is 11.0 Å². The Morgan fingerprint density at radius 3 is 2.81 bits per heavy atom. The van der Waals surface area contributed by atoms with Crippen LogP contribution in [0.2, 0.25) is 0 Å². The zero-order chi connectivity index (χ0) is 14.9. The second-order valence-corrected chi connectivity index (χ2v) is 6.83. The van der Waals surface area contributed by atoms with Crippen LogP contribution in [0.15, 0.2) is 24.3 Å². The zero-order valence-electron chi connectivity index (χ0n) is 12.7. The van der Waals surface area contributed by atoms with Crippen molar-refractivity contribution >= 4 is 0 Å². The lowest BCUT2D eigenvalue weighted by Crippen LogP contribution is -2.56. The summed E-state index contributed by atoms with van der Waals surface area (Å²) in [6.45, 7) is 3.73. The van der Waals surface area contributed by atoms with E-state index in [1.54, 1.807) is 0 Å². The van der Waals surface area contributed by atoms with Crippen molar-refractivity contribution in [2.75, 3.05) is 13.1 Å². The molecule has 21 heavy (non-hydrogen) atoms. The van der Waals surface area contributed by atoms with Gasteiger partial charge in [-0.1, -0.05) is 24.3 Å². The van der Waals surface area contributed by atoms with Crippen LogP contribution in [0.5, 0.6) is 0 Å². The maximum absolute atomic E-state index is 11.3. The zero-order valence-corrected chi connectivity index (χ0v) is 12.7. The number of nitrogens with zero attached hydrogens (tertiary/aromatic N) is 1. The van der Waals surface area contributed by atoms with Crippen LogP contribution < -0.4 is 5.32 Å². The summed E-state index contributed by atoms with van der Waals surface area (Å²) >= 11 is 0. The molecule has 1 heterocycles. The SMILES string of the molecule is CC(O)(C1CCCNC1)C1(C#N)CCc2ccccc2C1. The van der Waals surface area contributed by atoms with E-state index in [4.69, 9.17) is 0 Å². The second kappa shape index (κ2) is 5.44. The Morgan fingerprint density at radius 2 is 2.14 bits per heavy atom. The summed E-state index contributed by atoms with van der Waals surface area (Å²) in [6, 6.07) is 10.9. The third-order valence-electron chi connectivity index (χ3n) is 5.71. The molecule has 0 saturated carbocycles. The first kappa shape index (κ1) is 14.6. The number of aryl methyl sites for hydroxylation is 1. The minimum absolute atomic E-state index is 0.163. The minimum atomic E-state index is -0.942. The first-order valence-electron chi connectivity index (χ1n) is 8.00. The molecule has 112 valence electrons. The molecule has 1 aliphatic carbocycles. The standard InChI is InChI=1S/C18H24N2O/c1-17(21,16-7-4-10-20-12-16)18(13-19)9-8-14-5-2-3-6-15(14)11-18/h2-3,5-6,16,20-21H,4,7-12H2,1H3. The third-order valence-corrected chi connectivity index (χ3v) is 5.71. The topological polar surface area (TPSA) is 56.0 Å². The lowest BCUT2D eigenvalue weighted by atomic mass is 9.58. The van der Waals surface area contributed by atoms with Gasteiger partial charge < -0.3 is 10.4 Å². The van der Waals surface area contributed by atoms with Gasteiger partial charge in [0.2, 0.25) is 0 Å². The van der Waals surface area contributed by atoms with E-state index in [1.165, 1.54) is 11.1 Å². The molecule has 0 bridgehead atoms. The van der Waals surface area contributed by atoms with Crippen molar-refractivity contribution < 1.29 is 5.11 Å². The summed E-state index contributed by atoms with van der Waals surface area (Å²) < 4.78 is 0. The Kier molecular flexibility index (Phi) is 3.77. The van der Waals surface area contributed by atoms with Crippen molar-refractivity contribution in [1.82, 2.24) is 5.32 Å². The number of piperidine rings is 1. The largest absolute Gasteiger partial charge is 0.388 e. The second-order valence-electron chi connectivity index (χ2n) is 6.83. The summed E-state index contributed by atoms with van der Waals surface area (Å²) in [4.78, 5) is 0. The van der Waals surface area contributed by atoms with E-state index >= 15 is 0 Å². The molecule has 3 nitrogen and oxygen atoms in total. The predicted octanol–water partition coefficient (Wildman–Crippen LogP) is 2.44. The number of nitriles is 1. The molecule has 1 aliphatic heterocycles. The van der Waals surface area contributed by atoms with Gasteiger partial charge in [0.05, 0.1) is 17.1 Å². The van der Waals surface area contributed by atoms with Crippen molar-refractivity contribution in [3.63, 3.8) is 0 Å². The molecule has 0 spiro atoms. The fourth-order valence-electron chi connectivity index (χ4n) is 4.10. The maximum atomic E-state index is 11.3. The van der Waals surface area contributed by atoms with Crippen molar-refractivity contribution in [3.8, 4) is 6.07 Å². The van der Waals surface area contributed by atoms with Crippen LogP contribution in [0.1, 0.15) is 37.3 Å². The van der Waals surface area contributed by atoms with Gasteiger partial charge >= 0.3 is 0 Å². The fourth-order valence-corrected chi connectivity index (χ4v) is 4.10. The minimum Gasteiger partial charge on any atom is -0.388 e. The Bertz CT molecular complexity index is 555. The molecule has 0 aromatic heterocycles. The van der Waals surface area contributed by atoms with Gasteiger partial charge in [-0.3, -0.25) is 0 Å². The average molecular weight is 284 g/mol. The van der Waals surface area contributed by atoms with Gasteiger partial charge in [0.25, 0.3) is 0 Å². The number of hydrogen-bond donors (Lipinski definition) is 2. The molecule has 2 N–H and O–H groups in total. The summed E-state index contributed by atoms with van der Waals surface area (Å²) in [5.74, 6) is 0.163. The number of hydrogen-bond acceptors (Lipinski definition) is 3. The number of fused-ring (bicyclic) bond motifs is 1. The monoisotopic (exact) mass is 284 g/mol. The quantitative estimate of drug-likeness (QED) is 0.877. The van der Waals surface area contributed by atoms with Gasteiger partial charge in [0, 0.05) is 12.5 Å². The summed E-state index contributed by atoms with van der Waals surface area (Å²) in [6.07, 6.45) is 4.40. The van der Waals surface area contributed by atoms with Gasteiger partial charge in [-0.15, -0.1) is 0 Å². The molecule has 1 saturated heterocycles. The Hall–Kier alpha value is -1.37. The van der Waals surface area contributed by atoms with Gasteiger partial charge in [-0.2, -0.15) is 5.26 Å². The molecular weight excluding hydrogens is 260 g/mol. The van der Waals surface area contributed by atoms with Crippen LogP contribution in [0, 0.1) is 22.7 Å². The van der Waals surface area contributed by atoms with Gasteiger partial charge in [-0.05, 0) is 56.7 Å². The molecular formula is C18H24N2O. The van der Waals surface area contributed by atoms with E-state index in [1.807, 2.05) is 13.0 Å². The number of nitrogens with one attached hydrogen (secondary N) is 1. The van der Waals surface area contributed by atoms with E-state index in [0.717, 1.165) is 38.8 Å². The van der Waals surface area contributed by atoms with Crippen LogP contribution >= 0.6 is 0 Å². The first-order chi connectivity index (χ1) is 10.1. The Morgan fingerprint density at radius 1 is 1.38 bits per heavy atom. The van der Waals surface area contributed by atoms with Crippen molar-refractivity contribution in [3.05, 3.63) is 35.4 Å². The average Bonchev–Trinajstić information content (AvgIpc) is 2.55. The molecule has 3 atom stereocenters. The molecule has 1 fully saturated rings. The van der Waals surface area contributed by atoms with E-state index in [2.05, 4.69) is 29.6 Å². The fraction of sp³-hybridized carbons (Fsp3) is 0.611. The van der Waals surface area contributed by atoms with Crippen molar-refractivity contribution in [2.24, 2.45) is 11.3 Å². The van der Waals surface area contributed by atoms with Gasteiger partial charge in [0.1, 0.15) is 0 Å². The van der Waals surface area contributed by atoms with Crippen LogP contribution in [0.3, 0.4) is 0 Å². The molecule has 3 heteroatoms. The Balaban J connectivity index is 1.92. The highest BCUT2D eigenvalue weighted by Crippen LogP contribution is 2.47. The predicted molar refractivity (Wildman–Crippen MR) is 82.7 cm³/mol. The highest BCUT2D eigenvalue weighted by molar-refractivity contribution is 5.34. The molecule has 2 aliphatic rings. The summed E-state index contributed by atoms with van der Waals surface area (Å²) in [5, 5.41) is 24.6. The molecule has 1 aromatic carbocycles. The highest BCUT2D eigenvalue weighted by atomic mass is 16.3. The normalized spacial score (nSPS) is 31.8. The molecule has 3 rings (SSSR count). The van der Waals surface area contributed by atoms with E-state index in [-0.39, 0.29) is 5.92 Å². The number of benzene rings is 1. The third kappa shape index (κ3) is 2.37. The van der Waals surface area contributed by atoms with Crippen LogP contribution in [0.4, 0.5) is 0 Å². The van der Waals surface area contributed by atoms with Crippen LogP contribution in [-0.2, 0) is 12.8 Å². The van der Waals surface area contributed by atoms with Crippen LogP contribution in [0.25, 0.3) is 0 Å². The van der Waals surface area contributed by atoms with E-state index in [0.29, 0.717) is 6.42 Å². The maximum Gasteiger partial charge on any atom is 0.0904 e. The lowest BCUT2D eigenvalue weighted by Gasteiger charge is -2.48. The number of aliphatic hydroxyl groups is 1. The molecule has 0 radical (unpaired) electrons. The van der Waals surface area contributed by atoms with Gasteiger partial charge in [0.15, 0.2) is 0 Å². The first-order valence-corrected chi connectivity index (χ1v) is 8.00. The molecule has 1 aromatic rings. The molecule has 3 unspecified atom stereocenters. The lowest BCUT2D eigenvalue weighted by molar-refractivity contribution is -0.0983.